The Morgan fingerprint density at radius 2 is 2.33 bits per heavy atom. The van der Waals surface area contributed by atoms with E-state index in [9.17, 15) is 4.79 Å². The Morgan fingerprint density at radius 3 is 2.89 bits per heavy atom. The van der Waals surface area contributed by atoms with E-state index in [0.29, 0.717) is 12.4 Å². The van der Waals surface area contributed by atoms with Crippen LogP contribution in [0.25, 0.3) is 0 Å². The van der Waals surface area contributed by atoms with Crippen molar-refractivity contribution in [1.82, 2.24) is 15.3 Å². The quantitative estimate of drug-likeness (QED) is 0.772. The van der Waals surface area contributed by atoms with Crippen molar-refractivity contribution in [1.29, 1.82) is 0 Å². The van der Waals surface area contributed by atoms with Gasteiger partial charge in [0.1, 0.15) is 5.82 Å². The number of nitrogens with zero attached hydrogens (tertiary/aromatic N) is 1. The Morgan fingerprint density at radius 1 is 1.61 bits per heavy atom. The van der Waals surface area contributed by atoms with Crippen LogP contribution >= 0.6 is 0 Å². The Kier molecular flexibility index (Phi) is 3.81. The molecule has 98 valence electrons. The maximum atomic E-state index is 11.8. The zero-order valence-electron chi connectivity index (χ0n) is 10.7. The van der Waals surface area contributed by atoms with Crippen molar-refractivity contribution in [3.05, 3.63) is 35.0 Å². The largest absolute Gasteiger partial charge is 0.490 e. The van der Waals surface area contributed by atoms with Crippen molar-refractivity contribution in [2.45, 2.75) is 31.2 Å². The highest BCUT2D eigenvalue weighted by Gasteiger charge is 2.37. The molecule has 0 spiro atoms. The van der Waals surface area contributed by atoms with Gasteiger partial charge in [0.25, 0.3) is 5.56 Å². The third-order valence-corrected chi connectivity index (χ3v) is 3.48. The molecule has 0 unspecified atom stereocenters. The molecular weight excluding hydrogens is 230 g/mol. The predicted molar refractivity (Wildman–Crippen MR) is 69.8 cm³/mol. The van der Waals surface area contributed by atoms with Crippen LogP contribution in [-0.4, -0.2) is 23.6 Å². The second-order valence-corrected chi connectivity index (χ2v) is 4.59. The van der Waals surface area contributed by atoms with Gasteiger partial charge in [-0.25, -0.2) is 4.98 Å². The van der Waals surface area contributed by atoms with E-state index in [4.69, 9.17) is 4.74 Å². The third-order valence-electron chi connectivity index (χ3n) is 3.48. The van der Waals surface area contributed by atoms with Gasteiger partial charge < -0.3 is 15.0 Å². The molecule has 0 bridgehead atoms. The fourth-order valence-electron chi connectivity index (χ4n) is 2.52. The highest BCUT2D eigenvalue weighted by atomic mass is 16.5. The number of rotatable bonds is 5. The lowest BCUT2D eigenvalue weighted by molar-refractivity contribution is 0.331. The summed E-state index contributed by atoms with van der Waals surface area (Å²) in [4.78, 5) is 18.9. The molecule has 0 aromatic carbocycles. The second-order valence-electron chi connectivity index (χ2n) is 4.59. The van der Waals surface area contributed by atoms with Crippen LogP contribution in [0, 0.1) is 0 Å². The molecule has 1 aromatic heterocycles. The monoisotopic (exact) mass is 249 g/mol. The first-order chi connectivity index (χ1) is 8.72. The summed E-state index contributed by atoms with van der Waals surface area (Å²) in [5, 5.41) is 3.43. The molecule has 1 aliphatic rings. The lowest BCUT2D eigenvalue weighted by Crippen LogP contribution is -2.42. The van der Waals surface area contributed by atoms with Crippen LogP contribution in [0.2, 0.25) is 0 Å². The summed E-state index contributed by atoms with van der Waals surface area (Å²) < 4.78 is 4.93. The zero-order chi connectivity index (χ0) is 13.0. The van der Waals surface area contributed by atoms with Gasteiger partial charge in [0.2, 0.25) is 5.75 Å². The van der Waals surface area contributed by atoms with Crippen molar-refractivity contribution >= 4 is 0 Å². The van der Waals surface area contributed by atoms with Gasteiger partial charge in [0, 0.05) is 6.54 Å². The lowest BCUT2D eigenvalue weighted by atomic mass is 9.96. The molecule has 1 fully saturated rings. The maximum Gasteiger partial charge on any atom is 0.293 e. The first-order valence-electron chi connectivity index (χ1n) is 6.21. The van der Waals surface area contributed by atoms with E-state index in [1.165, 1.54) is 13.3 Å². The molecule has 1 aromatic rings. The van der Waals surface area contributed by atoms with Crippen LogP contribution in [0.15, 0.2) is 23.6 Å². The van der Waals surface area contributed by atoms with Gasteiger partial charge in [-0.3, -0.25) is 4.79 Å². The molecule has 18 heavy (non-hydrogen) atoms. The molecule has 1 heterocycles. The Balaban J connectivity index is 2.33. The number of H-pyrrole nitrogens is 1. The fraction of sp³-hybridized carbons (Fsp3) is 0.538. The van der Waals surface area contributed by atoms with Crippen LogP contribution in [0.3, 0.4) is 0 Å². The number of aromatic amines is 1. The summed E-state index contributed by atoms with van der Waals surface area (Å²) in [6.07, 6.45) is 7.55. The van der Waals surface area contributed by atoms with Crippen LogP contribution in [0.1, 0.15) is 31.5 Å². The van der Waals surface area contributed by atoms with Crippen molar-refractivity contribution < 1.29 is 4.74 Å². The SMILES string of the molecule is C=CCNC1(c2ncc(OC)c(=O)[nH]2)CCCC1. The van der Waals surface area contributed by atoms with Gasteiger partial charge in [-0.15, -0.1) is 6.58 Å². The molecule has 0 aliphatic heterocycles. The topological polar surface area (TPSA) is 67.0 Å². The van der Waals surface area contributed by atoms with Crippen molar-refractivity contribution in [3.63, 3.8) is 0 Å². The van der Waals surface area contributed by atoms with Gasteiger partial charge in [-0.05, 0) is 12.8 Å². The number of nitrogens with one attached hydrogen (secondary N) is 2. The normalized spacial score (nSPS) is 17.6. The Bertz CT molecular complexity index is 475. The molecule has 0 radical (unpaired) electrons. The molecule has 0 atom stereocenters. The predicted octanol–water partition coefficient (Wildman–Crippen LogP) is 1.32. The van der Waals surface area contributed by atoms with Gasteiger partial charge >= 0.3 is 0 Å². The number of methoxy groups -OCH3 is 1. The summed E-state index contributed by atoms with van der Waals surface area (Å²) in [7, 11) is 1.47. The van der Waals surface area contributed by atoms with E-state index in [1.54, 1.807) is 0 Å². The zero-order valence-corrected chi connectivity index (χ0v) is 10.7. The summed E-state index contributed by atoms with van der Waals surface area (Å²) in [6, 6.07) is 0. The third kappa shape index (κ3) is 2.31. The lowest BCUT2D eigenvalue weighted by Gasteiger charge is -2.28. The highest BCUT2D eigenvalue weighted by Crippen LogP contribution is 2.36. The standard InChI is InChI=1S/C13H19N3O2/c1-3-8-15-13(6-4-5-7-13)12-14-9-10(18-2)11(17)16-12/h3,9,15H,1,4-8H2,2H3,(H,14,16,17). The average Bonchev–Trinajstić information content (AvgIpc) is 2.86. The highest BCUT2D eigenvalue weighted by molar-refractivity contribution is 5.17. The van der Waals surface area contributed by atoms with Crippen molar-refractivity contribution in [3.8, 4) is 5.75 Å². The van der Waals surface area contributed by atoms with E-state index < -0.39 is 0 Å². The summed E-state index contributed by atoms with van der Waals surface area (Å²) in [5.74, 6) is 0.947. The second kappa shape index (κ2) is 5.35. The minimum absolute atomic E-state index is 0.223. The van der Waals surface area contributed by atoms with Crippen LogP contribution in [0.5, 0.6) is 5.75 Å². The summed E-state index contributed by atoms with van der Waals surface area (Å²) in [6.45, 7) is 4.42. The summed E-state index contributed by atoms with van der Waals surface area (Å²) >= 11 is 0. The number of ether oxygens (including phenoxy) is 1. The van der Waals surface area contributed by atoms with E-state index >= 15 is 0 Å². The van der Waals surface area contributed by atoms with Gasteiger partial charge in [0.15, 0.2) is 0 Å². The van der Waals surface area contributed by atoms with E-state index in [1.807, 2.05) is 6.08 Å². The molecule has 2 rings (SSSR count). The minimum Gasteiger partial charge on any atom is -0.490 e. The smallest absolute Gasteiger partial charge is 0.293 e. The Labute approximate surface area is 106 Å². The van der Waals surface area contributed by atoms with Crippen LogP contribution < -0.4 is 15.6 Å². The molecule has 1 aliphatic carbocycles. The number of hydrogen-bond acceptors (Lipinski definition) is 4. The first kappa shape index (κ1) is 12.8. The molecule has 0 amide bonds. The molecule has 0 saturated heterocycles. The van der Waals surface area contributed by atoms with E-state index in [0.717, 1.165) is 25.7 Å². The van der Waals surface area contributed by atoms with Crippen LogP contribution in [0.4, 0.5) is 0 Å². The van der Waals surface area contributed by atoms with E-state index in [2.05, 4.69) is 21.9 Å². The number of aromatic nitrogens is 2. The van der Waals surface area contributed by atoms with E-state index in [-0.39, 0.29) is 16.8 Å². The maximum absolute atomic E-state index is 11.8. The van der Waals surface area contributed by atoms with Crippen LogP contribution in [-0.2, 0) is 5.54 Å². The molecule has 5 nitrogen and oxygen atoms in total. The average molecular weight is 249 g/mol. The molecule has 2 N–H and O–H groups in total. The minimum atomic E-state index is -0.228. The van der Waals surface area contributed by atoms with Crippen molar-refractivity contribution in [2.75, 3.05) is 13.7 Å². The molecule has 5 heteroatoms. The fourth-order valence-corrected chi connectivity index (χ4v) is 2.52. The number of hydrogen-bond donors (Lipinski definition) is 2. The van der Waals surface area contributed by atoms with Gasteiger partial charge in [0.05, 0.1) is 18.8 Å². The molecular formula is C13H19N3O2. The first-order valence-corrected chi connectivity index (χ1v) is 6.21. The molecule has 1 saturated carbocycles. The van der Waals surface area contributed by atoms with Gasteiger partial charge in [-0.2, -0.15) is 0 Å². The summed E-state index contributed by atoms with van der Waals surface area (Å²) in [5.41, 5.74) is -0.450. The van der Waals surface area contributed by atoms with Crippen molar-refractivity contribution in [2.24, 2.45) is 0 Å². The van der Waals surface area contributed by atoms with Gasteiger partial charge in [-0.1, -0.05) is 18.9 Å². The Hall–Kier alpha value is -1.62.